The summed E-state index contributed by atoms with van der Waals surface area (Å²) in [5.41, 5.74) is 0. The largest absolute Gasteiger partial charge is 0.464 e. The Kier molecular flexibility index (Phi) is 4.04. The van der Waals surface area contributed by atoms with E-state index < -0.39 is 0 Å². The first-order chi connectivity index (χ1) is 11.3. The minimum Gasteiger partial charge on any atom is -0.464 e. The van der Waals surface area contributed by atoms with Crippen LogP contribution in [0.3, 0.4) is 0 Å². The number of furan rings is 1. The van der Waals surface area contributed by atoms with E-state index in [9.17, 15) is 0 Å². The third-order valence-electron chi connectivity index (χ3n) is 4.98. The van der Waals surface area contributed by atoms with Crippen molar-refractivity contribution in [3.8, 4) is 0 Å². The van der Waals surface area contributed by atoms with Gasteiger partial charge < -0.3 is 14.6 Å². The van der Waals surface area contributed by atoms with E-state index in [0.717, 1.165) is 43.0 Å². The lowest BCUT2D eigenvalue weighted by Crippen LogP contribution is -2.46. The molecular weight excluding hydrogens is 288 g/mol. The monoisotopic (exact) mass is 312 g/mol. The van der Waals surface area contributed by atoms with Crippen LogP contribution in [0.25, 0.3) is 0 Å². The highest BCUT2D eigenvalue weighted by atomic mass is 16.3. The number of piperidine rings is 1. The van der Waals surface area contributed by atoms with Crippen molar-refractivity contribution in [2.24, 2.45) is 5.92 Å². The summed E-state index contributed by atoms with van der Waals surface area (Å²) in [6, 6.07) is 6.59. The van der Waals surface area contributed by atoms with E-state index in [0.29, 0.717) is 12.0 Å². The predicted molar refractivity (Wildman–Crippen MR) is 89.3 cm³/mol. The molecule has 1 aliphatic heterocycles. The Bertz CT molecular complexity index is 641. The molecule has 2 fully saturated rings. The lowest BCUT2D eigenvalue weighted by atomic mass is 10.1. The number of nitrogens with zero attached hydrogens (tertiary/aromatic N) is 3. The van der Waals surface area contributed by atoms with Crippen LogP contribution in [-0.4, -0.2) is 29.1 Å². The molecule has 23 heavy (non-hydrogen) atoms. The van der Waals surface area contributed by atoms with Crippen molar-refractivity contribution in [2.75, 3.05) is 18.0 Å². The number of aromatic nitrogens is 2. The maximum atomic E-state index is 5.98. The molecule has 1 saturated heterocycles. The van der Waals surface area contributed by atoms with Crippen molar-refractivity contribution in [3.05, 3.63) is 42.1 Å². The Morgan fingerprint density at radius 3 is 2.91 bits per heavy atom. The summed E-state index contributed by atoms with van der Waals surface area (Å²) < 4.78 is 5.98. The van der Waals surface area contributed by atoms with Gasteiger partial charge in [0, 0.05) is 37.4 Å². The fourth-order valence-electron chi connectivity index (χ4n) is 3.43. The standard InChI is InChI=1S/C18H24N4O/c1-13-10-16(13)17-6-5-15(23-17)11-21-14-4-2-9-22(12-14)18-19-7-3-8-20-18/h3,5-8,13-14,16,21H,2,4,9-12H2,1H3/t13-,14+,16-/m1/s1. The van der Waals surface area contributed by atoms with Gasteiger partial charge in [0.15, 0.2) is 0 Å². The van der Waals surface area contributed by atoms with Gasteiger partial charge in [-0.1, -0.05) is 6.92 Å². The molecule has 4 rings (SSSR count). The zero-order valence-corrected chi connectivity index (χ0v) is 13.6. The average Bonchev–Trinajstić information content (AvgIpc) is 3.15. The Morgan fingerprint density at radius 1 is 1.30 bits per heavy atom. The molecule has 3 heterocycles. The van der Waals surface area contributed by atoms with E-state index in [4.69, 9.17) is 4.42 Å². The fraction of sp³-hybridized carbons (Fsp3) is 0.556. The SMILES string of the molecule is C[C@@H]1C[C@H]1c1ccc(CN[C@H]2CCCN(c3ncccn3)C2)o1. The predicted octanol–water partition coefficient (Wildman–Crippen LogP) is 2.95. The Labute approximate surface area is 137 Å². The maximum absolute atomic E-state index is 5.98. The topological polar surface area (TPSA) is 54.2 Å². The molecule has 122 valence electrons. The third kappa shape index (κ3) is 3.39. The Morgan fingerprint density at radius 2 is 2.13 bits per heavy atom. The van der Waals surface area contributed by atoms with Gasteiger partial charge in [0.1, 0.15) is 11.5 Å². The summed E-state index contributed by atoms with van der Waals surface area (Å²) in [5.74, 6) is 4.50. The molecule has 0 bridgehead atoms. The molecule has 0 aromatic carbocycles. The Balaban J connectivity index is 1.31. The normalized spacial score (nSPS) is 27.2. The molecule has 0 spiro atoms. The van der Waals surface area contributed by atoms with Crippen molar-refractivity contribution in [2.45, 2.75) is 44.7 Å². The van der Waals surface area contributed by atoms with Crippen LogP contribution in [0, 0.1) is 5.92 Å². The molecule has 1 N–H and O–H groups in total. The first kappa shape index (κ1) is 14.7. The summed E-state index contributed by atoms with van der Waals surface area (Å²) in [5, 5.41) is 3.63. The van der Waals surface area contributed by atoms with Crippen molar-refractivity contribution in [1.82, 2.24) is 15.3 Å². The highest BCUT2D eigenvalue weighted by molar-refractivity contribution is 5.29. The number of anilines is 1. The van der Waals surface area contributed by atoms with E-state index in [2.05, 4.69) is 39.2 Å². The minimum atomic E-state index is 0.459. The van der Waals surface area contributed by atoms with Crippen molar-refractivity contribution in [1.29, 1.82) is 0 Å². The second kappa shape index (κ2) is 6.32. The molecule has 1 saturated carbocycles. The maximum Gasteiger partial charge on any atom is 0.225 e. The first-order valence-corrected chi connectivity index (χ1v) is 8.63. The van der Waals surface area contributed by atoms with Crippen LogP contribution in [0.4, 0.5) is 5.95 Å². The lowest BCUT2D eigenvalue weighted by Gasteiger charge is -2.33. The third-order valence-corrected chi connectivity index (χ3v) is 4.98. The summed E-state index contributed by atoms with van der Waals surface area (Å²) >= 11 is 0. The van der Waals surface area contributed by atoms with Crippen LogP contribution < -0.4 is 10.2 Å². The zero-order valence-electron chi connectivity index (χ0n) is 13.6. The highest BCUT2D eigenvalue weighted by Crippen LogP contribution is 2.47. The van der Waals surface area contributed by atoms with Gasteiger partial charge in [-0.15, -0.1) is 0 Å². The van der Waals surface area contributed by atoms with Crippen LogP contribution in [-0.2, 0) is 6.54 Å². The summed E-state index contributed by atoms with van der Waals surface area (Å²) in [6.45, 7) is 5.08. The fourth-order valence-corrected chi connectivity index (χ4v) is 3.43. The van der Waals surface area contributed by atoms with E-state index in [-0.39, 0.29) is 0 Å². The molecule has 3 atom stereocenters. The van der Waals surface area contributed by atoms with Crippen molar-refractivity contribution >= 4 is 5.95 Å². The van der Waals surface area contributed by atoms with Gasteiger partial charge in [-0.25, -0.2) is 9.97 Å². The van der Waals surface area contributed by atoms with Crippen molar-refractivity contribution < 1.29 is 4.42 Å². The molecule has 0 amide bonds. The molecule has 0 unspecified atom stereocenters. The van der Waals surface area contributed by atoms with Gasteiger partial charge >= 0.3 is 0 Å². The summed E-state index contributed by atoms with van der Waals surface area (Å²) in [4.78, 5) is 11.0. The molecule has 1 aliphatic carbocycles. The summed E-state index contributed by atoms with van der Waals surface area (Å²) in [7, 11) is 0. The van der Waals surface area contributed by atoms with E-state index >= 15 is 0 Å². The second-order valence-corrected chi connectivity index (χ2v) is 6.84. The zero-order chi connectivity index (χ0) is 15.6. The van der Waals surface area contributed by atoms with Gasteiger partial charge in [-0.05, 0) is 43.4 Å². The minimum absolute atomic E-state index is 0.459. The molecular formula is C18H24N4O. The van der Waals surface area contributed by atoms with Crippen LogP contribution in [0.15, 0.2) is 35.0 Å². The van der Waals surface area contributed by atoms with Crippen molar-refractivity contribution in [3.63, 3.8) is 0 Å². The highest BCUT2D eigenvalue weighted by Gasteiger charge is 2.36. The van der Waals surface area contributed by atoms with E-state index in [1.807, 2.05) is 18.5 Å². The van der Waals surface area contributed by atoms with Crippen LogP contribution in [0.1, 0.15) is 43.6 Å². The number of rotatable bonds is 5. The van der Waals surface area contributed by atoms with E-state index in [1.54, 1.807) is 0 Å². The van der Waals surface area contributed by atoms with Gasteiger partial charge in [-0.2, -0.15) is 0 Å². The molecule has 0 radical (unpaired) electrons. The summed E-state index contributed by atoms with van der Waals surface area (Å²) in [6.07, 6.45) is 7.25. The molecule has 5 heteroatoms. The number of nitrogens with one attached hydrogen (secondary N) is 1. The van der Waals surface area contributed by atoms with E-state index in [1.165, 1.54) is 19.3 Å². The first-order valence-electron chi connectivity index (χ1n) is 8.63. The second-order valence-electron chi connectivity index (χ2n) is 6.84. The molecule has 2 aliphatic rings. The number of hydrogen-bond donors (Lipinski definition) is 1. The van der Waals surface area contributed by atoms with Crippen LogP contribution in [0.2, 0.25) is 0 Å². The van der Waals surface area contributed by atoms with Gasteiger partial charge in [0.25, 0.3) is 0 Å². The average molecular weight is 312 g/mol. The number of hydrogen-bond acceptors (Lipinski definition) is 5. The Hall–Kier alpha value is -1.88. The van der Waals surface area contributed by atoms with Gasteiger partial charge in [-0.3, -0.25) is 0 Å². The quantitative estimate of drug-likeness (QED) is 0.920. The van der Waals surface area contributed by atoms with Crippen LogP contribution >= 0.6 is 0 Å². The molecule has 2 aromatic rings. The smallest absolute Gasteiger partial charge is 0.225 e. The lowest BCUT2D eigenvalue weighted by molar-refractivity contribution is 0.384. The van der Waals surface area contributed by atoms with Crippen LogP contribution in [0.5, 0.6) is 0 Å². The van der Waals surface area contributed by atoms with Gasteiger partial charge in [0.05, 0.1) is 6.54 Å². The molecule has 5 nitrogen and oxygen atoms in total. The van der Waals surface area contributed by atoms with Gasteiger partial charge in [0.2, 0.25) is 5.95 Å². The molecule has 2 aromatic heterocycles.